The zero-order valence-corrected chi connectivity index (χ0v) is 19.2. The van der Waals surface area contributed by atoms with Crippen molar-refractivity contribution in [3.05, 3.63) is 89.7 Å². The van der Waals surface area contributed by atoms with Crippen LogP contribution in [-0.2, 0) is 10.0 Å². The van der Waals surface area contributed by atoms with E-state index in [1.54, 1.807) is 22.6 Å². The summed E-state index contributed by atoms with van der Waals surface area (Å²) in [6.45, 7) is 1.10. The highest BCUT2D eigenvalue weighted by Gasteiger charge is 2.25. The molecule has 6 nitrogen and oxygen atoms in total. The second-order valence-corrected chi connectivity index (χ2v) is 9.95. The average molecular weight is 462 g/mol. The first-order chi connectivity index (χ1) is 16.0. The molecule has 3 aromatic rings. The van der Waals surface area contributed by atoms with Gasteiger partial charge in [0.25, 0.3) is 5.91 Å². The van der Waals surface area contributed by atoms with Crippen molar-refractivity contribution >= 4 is 33.8 Å². The largest absolute Gasteiger partial charge is 0.322 e. The fourth-order valence-electron chi connectivity index (χ4n) is 3.79. The lowest BCUT2D eigenvalue weighted by Gasteiger charge is -2.20. The first-order valence-electron chi connectivity index (χ1n) is 11.1. The minimum Gasteiger partial charge on any atom is -0.322 e. The van der Waals surface area contributed by atoms with Crippen molar-refractivity contribution in [1.82, 2.24) is 9.29 Å². The lowest BCUT2D eigenvalue weighted by atomic mass is 10.1. The molecule has 1 aliphatic heterocycles. The lowest BCUT2D eigenvalue weighted by molar-refractivity contribution is 0.102. The number of rotatable bonds is 6. The SMILES string of the molecule is O=C(Nc1cccc(/C=C/c2ccccn2)c1)c1ccc(S(=O)(=O)N2CCCCCC2)cc1. The van der Waals surface area contributed by atoms with Crippen LogP contribution in [0.1, 0.15) is 47.3 Å². The smallest absolute Gasteiger partial charge is 0.255 e. The van der Waals surface area contributed by atoms with E-state index in [9.17, 15) is 13.2 Å². The summed E-state index contributed by atoms with van der Waals surface area (Å²) in [6, 6.07) is 19.3. The Hall–Kier alpha value is -3.29. The van der Waals surface area contributed by atoms with E-state index in [1.807, 2.05) is 54.6 Å². The van der Waals surface area contributed by atoms with Crippen molar-refractivity contribution < 1.29 is 13.2 Å². The van der Waals surface area contributed by atoms with Crippen molar-refractivity contribution in [2.24, 2.45) is 0 Å². The molecule has 1 fully saturated rings. The quantitative estimate of drug-likeness (QED) is 0.556. The van der Waals surface area contributed by atoms with Crippen LogP contribution < -0.4 is 5.32 Å². The summed E-state index contributed by atoms with van der Waals surface area (Å²) in [5, 5.41) is 2.88. The molecule has 4 rings (SSSR count). The highest BCUT2D eigenvalue weighted by molar-refractivity contribution is 7.89. The van der Waals surface area contributed by atoms with E-state index in [1.165, 1.54) is 12.1 Å². The van der Waals surface area contributed by atoms with Gasteiger partial charge >= 0.3 is 0 Å². The molecule has 33 heavy (non-hydrogen) atoms. The molecular weight excluding hydrogens is 434 g/mol. The molecule has 0 saturated carbocycles. The summed E-state index contributed by atoms with van der Waals surface area (Å²) in [5.74, 6) is -0.292. The molecule has 0 unspecified atom stereocenters. The van der Waals surface area contributed by atoms with Crippen molar-refractivity contribution in [2.75, 3.05) is 18.4 Å². The molecule has 0 atom stereocenters. The number of hydrogen-bond donors (Lipinski definition) is 1. The summed E-state index contributed by atoms with van der Waals surface area (Å²) in [7, 11) is -3.53. The van der Waals surface area contributed by atoms with Gasteiger partial charge in [-0.2, -0.15) is 4.31 Å². The third-order valence-electron chi connectivity index (χ3n) is 5.60. The second kappa shape index (κ2) is 10.6. The van der Waals surface area contributed by atoms with Gasteiger partial charge in [0.1, 0.15) is 0 Å². The van der Waals surface area contributed by atoms with Gasteiger partial charge in [0, 0.05) is 30.5 Å². The van der Waals surface area contributed by atoms with Crippen molar-refractivity contribution in [3.63, 3.8) is 0 Å². The molecule has 0 radical (unpaired) electrons. The first kappa shape index (κ1) is 22.9. The van der Waals surface area contributed by atoms with Gasteiger partial charge in [-0.05, 0) is 73.0 Å². The van der Waals surface area contributed by atoms with E-state index >= 15 is 0 Å². The Bertz CT molecular complexity index is 1220. The topological polar surface area (TPSA) is 79.4 Å². The number of nitrogens with zero attached hydrogens (tertiary/aromatic N) is 2. The predicted octanol–water partition coefficient (Wildman–Crippen LogP) is 5.07. The standard InChI is InChI=1S/C26H27N3O3S/c30-26(28-24-10-7-8-21(20-24)11-14-23-9-3-4-17-27-23)22-12-15-25(16-13-22)33(31,32)29-18-5-1-2-6-19-29/h3-4,7-17,20H,1-2,5-6,18-19H2,(H,28,30)/b14-11+. The van der Waals surface area contributed by atoms with E-state index in [0.29, 0.717) is 24.3 Å². The van der Waals surface area contributed by atoms with Crippen molar-refractivity contribution in [3.8, 4) is 0 Å². The molecule has 1 aromatic heterocycles. The van der Waals surface area contributed by atoms with Crippen LogP contribution in [0, 0.1) is 0 Å². The molecule has 1 N–H and O–H groups in total. The molecule has 0 aliphatic carbocycles. The first-order valence-corrected chi connectivity index (χ1v) is 12.6. The summed E-state index contributed by atoms with van der Waals surface area (Å²) >= 11 is 0. The van der Waals surface area contributed by atoms with E-state index in [-0.39, 0.29) is 10.8 Å². The minimum atomic E-state index is -3.53. The minimum absolute atomic E-state index is 0.225. The average Bonchev–Trinajstić information content (AvgIpc) is 3.14. The molecule has 170 valence electrons. The van der Waals surface area contributed by atoms with E-state index in [2.05, 4.69) is 10.3 Å². The van der Waals surface area contributed by atoms with Crippen LogP contribution in [0.3, 0.4) is 0 Å². The summed E-state index contributed by atoms with van der Waals surface area (Å²) in [6.07, 6.45) is 9.47. The summed E-state index contributed by atoms with van der Waals surface area (Å²) in [4.78, 5) is 17.2. The maximum Gasteiger partial charge on any atom is 0.255 e. The van der Waals surface area contributed by atoms with Crippen molar-refractivity contribution in [2.45, 2.75) is 30.6 Å². The molecule has 0 bridgehead atoms. The Balaban J connectivity index is 1.43. The third kappa shape index (κ3) is 5.94. The Morgan fingerprint density at radius 1 is 0.879 bits per heavy atom. The van der Waals surface area contributed by atoms with Gasteiger partial charge in [0.05, 0.1) is 10.6 Å². The number of amides is 1. The molecular formula is C26H27N3O3S. The lowest BCUT2D eigenvalue weighted by Crippen LogP contribution is -2.31. The van der Waals surface area contributed by atoms with Gasteiger partial charge < -0.3 is 5.32 Å². The summed E-state index contributed by atoms with van der Waals surface area (Å²) < 4.78 is 27.4. The highest BCUT2D eigenvalue weighted by Crippen LogP contribution is 2.21. The molecule has 2 aromatic carbocycles. The fraction of sp³-hybridized carbons (Fsp3) is 0.231. The van der Waals surface area contributed by atoms with Crippen LogP contribution in [0.5, 0.6) is 0 Å². The number of sulfonamides is 1. The van der Waals surface area contributed by atoms with Gasteiger partial charge in [0.2, 0.25) is 10.0 Å². The Morgan fingerprint density at radius 3 is 2.33 bits per heavy atom. The number of carbonyl (C=O) groups excluding carboxylic acids is 1. The Kier molecular flexibility index (Phi) is 7.32. The number of nitrogens with one attached hydrogen (secondary N) is 1. The number of carbonyl (C=O) groups is 1. The number of aromatic nitrogens is 1. The number of pyridine rings is 1. The highest BCUT2D eigenvalue weighted by atomic mass is 32.2. The number of anilines is 1. The Morgan fingerprint density at radius 2 is 1.64 bits per heavy atom. The monoisotopic (exact) mass is 461 g/mol. The zero-order valence-electron chi connectivity index (χ0n) is 18.4. The molecule has 2 heterocycles. The predicted molar refractivity (Wildman–Crippen MR) is 131 cm³/mol. The van der Waals surface area contributed by atoms with Crippen molar-refractivity contribution in [1.29, 1.82) is 0 Å². The van der Waals surface area contributed by atoms with Crippen LogP contribution in [0.2, 0.25) is 0 Å². The molecule has 7 heteroatoms. The van der Waals surface area contributed by atoms with Crippen LogP contribution in [0.15, 0.2) is 77.8 Å². The molecule has 1 saturated heterocycles. The van der Waals surface area contributed by atoms with Gasteiger partial charge in [-0.3, -0.25) is 9.78 Å². The van der Waals surface area contributed by atoms with Crippen LogP contribution >= 0.6 is 0 Å². The second-order valence-electron chi connectivity index (χ2n) is 8.01. The van der Waals surface area contributed by atoms with Crippen LogP contribution in [0.4, 0.5) is 5.69 Å². The maximum absolute atomic E-state index is 12.9. The fourth-order valence-corrected chi connectivity index (χ4v) is 5.31. The van der Waals surface area contributed by atoms with Gasteiger partial charge in [0.15, 0.2) is 0 Å². The third-order valence-corrected chi connectivity index (χ3v) is 7.51. The molecule has 0 spiro atoms. The normalized spacial score (nSPS) is 15.3. The summed E-state index contributed by atoms with van der Waals surface area (Å²) in [5.41, 5.74) is 2.84. The number of benzene rings is 2. The molecule has 1 aliphatic rings. The number of hydrogen-bond acceptors (Lipinski definition) is 4. The molecule has 1 amide bonds. The van der Waals surface area contributed by atoms with Gasteiger partial charge in [-0.1, -0.05) is 37.1 Å². The van der Waals surface area contributed by atoms with Gasteiger partial charge in [-0.25, -0.2) is 8.42 Å². The maximum atomic E-state index is 12.9. The zero-order chi connectivity index (χ0) is 23.1. The van der Waals surface area contributed by atoms with E-state index in [0.717, 1.165) is 36.9 Å². The van der Waals surface area contributed by atoms with Gasteiger partial charge in [-0.15, -0.1) is 0 Å². The Labute approximate surface area is 195 Å². The van der Waals surface area contributed by atoms with Crippen LogP contribution in [0.25, 0.3) is 12.2 Å². The van der Waals surface area contributed by atoms with E-state index in [4.69, 9.17) is 0 Å². The van der Waals surface area contributed by atoms with Crippen LogP contribution in [-0.4, -0.2) is 36.7 Å². The van der Waals surface area contributed by atoms with E-state index < -0.39 is 10.0 Å².